The Kier molecular flexibility index (Phi) is 12.5. The number of rotatable bonds is 11. The molecule has 9 nitrogen and oxygen atoms in total. The maximum atomic E-state index is 13.7. The van der Waals surface area contributed by atoms with E-state index < -0.39 is 17.6 Å². The normalized spacial score (nSPS) is 18.9. The van der Waals surface area contributed by atoms with Crippen LogP contribution in [0.25, 0.3) is 0 Å². The number of esters is 1. The first-order chi connectivity index (χ1) is 22.2. The summed E-state index contributed by atoms with van der Waals surface area (Å²) >= 11 is 0. The monoisotopic (exact) mass is 648 g/mol. The van der Waals surface area contributed by atoms with Crippen LogP contribution in [0.4, 0.5) is 0 Å². The van der Waals surface area contributed by atoms with Crippen molar-refractivity contribution in [1.29, 1.82) is 0 Å². The number of ether oxygens (including phenoxy) is 1. The molecule has 4 rings (SSSR count). The van der Waals surface area contributed by atoms with Crippen LogP contribution >= 0.6 is 0 Å². The number of carbonyl (C=O) groups is 3. The second-order valence-electron chi connectivity index (χ2n) is 15.5. The maximum absolute atomic E-state index is 13.7. The molecule has 1 aromatic heterocycles. The molecule has 2 aliphatic rings. The van der Waals surface area contributed by atoms with Gasteiger partial charge in [-0.3, -0.25) is 24.3 Å². The van der Waals surface area contributed by atoms with Gasteiger partial charge in [0.2, 0.25) is 11.8 Å². The van der Waals surface area contributed by atoms with Crippen LogP contribution in [0.15, 0.2) is 42.7 Å². The first kappa shape index (κ1) is 36.4. The van der Waals surface area contributed by atoms with Gasteiger partial charge in [0, 0.05) is 37.4 Å². The average Bonchev–Trinajstić information content (AvgIpc) is 3.02. The van der Waals surface area contributed by atoms with Crippen molar-refractivity contribution in [1.82, 2.24) is 20.1 Å². The van der Waals surface area contributed by atoms with Gasteiger partial charge in [-0.1, -0.05) is 18.2 Å². The number of aromatic hydroxyl groups is 1. The predicted octanol–water partition coefficient (Wildman–Crippen LogP) is 5.99. The third-order valence-electron chi connectivity index (χ3n) is 9.44. The minimum atomic E-state index is -0.649. The molecule has 0 bridgehead atoms. The number of hydrogen-bond donors (Lipinski definition) is 2. The van der Waals surface area contributed by atoms with E-state index in [1.54, 1.807) is 24.5 Å². The summed E-state index contributed by atoms with van der Waals surface area (Å²) in [4.78, 5) is 48.8. The zero-order valence-corrected chi connectivity index (χ0v) is 29.4. The first-order valence-electron chi connectivity index (χ1n) is 17.4. The van der Waals surface area contributed by atoms with Crippen molar-refractivity contribution in [3.05, 3.63) is 59.4 Å². The number of phenolic OH excluding ortho intramolecular Hbond substituents is 1. The molecule has 0 unspecified atom stereocenters. The van der Waals surface area contributed by atoms with E-state index in [1.165, 1.54) is 0 Å². The standard InChI is InChI=1S/C38H56N4O5/c1-37(2,3)42-20-17-28(18-21-42)13-16-34(44)41-19-7-8-30(26-41)36(46)40-33(23-35(45)47-38(4,5)6)31-22-29(24-39-25-31)10-9-27-11-14-32(43)15-12-27/h11-12,14-15,22,24-25,28,30,33,43H,7-10,13,16-21,23,26H2,1-6H3,(H,40,46)/t30-,33+/m1/s1. The van der Waals surface area contributed by atoms with Gasteiger partial charge in [0.05, 0.1) is 18.4 Å². The Morgan fingerprint density at radius 3 is 2.30 bits per heavy atom. The van der Waals surface area contributed by atoms with Crippen LogP contribution in [-0.4, -0.2) is 75.0 Å². The maximum Gasteiger partial charge on any atom is 0.308 e. The Morgan fingerprint density at radius 2 is 1.64 bits per heavy atom. The molecule has 1 aromatic carbocycles. The summed E-state index contributed by atoms with van der Waals surface area (Å²) in [5.41, 5.74) is 2.36. The van der Waals surface area contributed by atoms with E-state index in [4.69, 9.17) is 4.74 Å². The molecule has 2 saturated heterocycles. The van der Waals surface area contributed by atoms with Crippen molar-refractivity contribution in [2.45, 2.75) is 117 Å². The third-order valence-corrected chi connectivity index (χ3v) is 9.44. The van der Waals surface area contributed by atoms with E-state index in [0.717, 1.165) is 61.9 Å². The molecule has 3 heterocycles. The smallest absolute Gasteiger partial charge is 0.308 e. The van der Waals surface area contributed by atoms with Gasteiger partial charge in [-0.25, -0.2) is 0 Å². The van der Waals surface area contributed by atoms with E-state index in [9.17, 15) is 19.5 Å². The van der Waals surface area contributed by atoms with Crippen LogP contribution in [0, 0.1) is 11.8 Å². The van der Waals surface area contributed by atoms with Crippen molar-refractivity contribution in [2.75, 3.05) is 26.2 Å². The van der Waals surface area contributed by atoms with Gasteiger partial charge in [-0.05, 0) is 134 Å². The summed E-state index contributed by atoms with van der Waals surface area (Å²) < 4.78 is 5.62. The second-order valence-corrected chi connectivity index (χ2v) is 15.5. The van der Waals surface area contributed by atoms with Crippen LogP contribution in [0.1, 0.15) is 109 Å². The summed E-state index contributed by atoms with van der Waals surface area (Å²) in [5, 5.41) is 12.7. The fourth-order valence-corrected chi connectivity index (χ4v) is 6.67. The fourth-order valence-electron chi connectivity index (χ4n) is 6.67. The number of benzene rings is 1. The quantitative estimate of drug-likeness (QED) is 0.288. The molecule has 258 valence electrons. The summed E-state index contributed by atoms with van der Waals surface area (Å²) in [6.45, 7) is 15.5. The Bertz CT molecular complexity index is 1340. The third kappa shape index (κ3) is 11.6. The van der Waals surface area contributed by atoms with E-state index in [0.29, 0.717) is 38.3 Å². The number of aromatic nitrogens is 1. The van der Waals surface area contributed by atoms with E-state index >= 15 is 0 Å². The lowest BCUT2D eigenvalue weighted by molar-refractivity contribution is -0.155. The number of aryl methyl sites for hydroxylation is 2. The number of nitrogens with zero attached hydrogens (tertiary/aromatic N) is 3. The second kappa shape index (κ2) is 16.1. The van der Waals surface area contributed by atoms with Gasteiger partial charge in [-0.15, -0.1) is 0 Å². The molecule has 2 aromatic rings. The van der Waals surface area contributed by atoms with Crippen LogP contribution in [0.3, 0.4) is 0 Å². The molecule has 47 heavy (non-hydrogen) atoms. The highest BCUT2D eigenvalue weighted by Crippen LogP contribution is 2.28. The lowest BCUT2D eigenvalue weighted by Gasteiger charge is -2.41. The van der Waals surface area contributed by atoms with Crippen LogP contribution in [0.5, 0.6) is 5.75 Å². The fraction of sp³-hybridized carbons (Fsp3) is 0.632. The summed E-state index contributed by atoms with van der Waals surface area (Å²) in [6, 6.07) is 8.52. The SMILES string of the molecule is CC(C)(C)OC(=O)C[C@H](NC(=O)[C@@H]1CCCN(C(=O)CCC2CCN(C(C)(C)C)CC2)C1)c1cncc(CCc2ccc(O)cc2)c1. The highest BCUT2D eigenvalue weighted by molar-refractivity contribution is 5.82. The van der Waals surface area contributed by atoms with Gasteiger partial charge >= 0.3 is 5.97 Å². The molecule has 0 aliphatic carbocycles. The predicted molar refractivity (Wildman–Crippen MR) is 184 cm³/mol. The number of nitrogens with one attached hydrogen (secondary N) is 1. The topological polar surface area (TPSA) is 112 Å². The Balaban J connectivity index is 1.36. The minimum absolute atomic E-state index is 0.0184. The van der Waals surface area contributed by atoms with Gasteiger partial charge in [0.1, 0.15) is 11.4 Å². The number of amides is 2. The lowest BCUT2D eigenvalue weighted by Crippen LogP contribution is -2.47. The molecule has 2 fully saturated rings. The zero-order valence-electron chi connectivity index (χ0n) is 29.4. The number of likely N-dealkylation sites (tertiary alicyclic amines) is 2. The largest absolute Gasteiger partial charge is 0.508 e. The van der Waals surface area contributed by atoms with E-state index in [2.05, 4.69) is 36.0 Å². The minimum Gasteiger partial charge on any atom is -0.508 e. The molecule has 2 amide bonds. The zero-order chi connectivity index (χ0) is 34.2. The Labute approximate surface area is 281 Å². The highest BCUT2D eigenvalue weighted by atomic mass is 16.6. The number of carbonyl (C=O) groups excluding carboxylic acids is 3. The van der Waals surface area contributed by atoms with Crippen LogP contribution in [-0.2, 0) is 32.0 Å². The molecule has 2 N–H and O–H groups in total. The summed E-state index contributed by atoms with van der Waals surface area (Å²) in [7, 11) is 0. The van der Waals surface area contributed by atoms with Crippen molar-refractivity contribution >= 4 is 17.8 Å². The van der Waals surface area contributed by atoms with E-state index in [1.807, 2.05) is 43.9 Å². The molecule has 9 heteroatoms. The number of phenols is 1. The van der Waals surface area contributed by atoms with Gasteiger partial charge in [-0.2, -0.15) is 0 Å². The molecule has 2 atom stereocenters. The van der Waals surface area contributed by atoms with Crippen molar-refractivity contribution in [3.63, 3.8) is 0 Å². The Hall–Kier alpha value is -3.46. The van der Waals surface area contributed by atoms with Crippen LogP contribution < -0.4 is 5.32 Å². The van der Waals surface area contributed by atoms with E-state index in [-0.39, 0.29) is 35.4 Å². The molecule has 2 aliphatic heterocycles. The summed E-state index contributed by atoms with van der Waals surface area (Å²) in [6.07, 6.45) is 10.1. The van der Waals surface area contributed by atoms with Crippen LogP contribution in [0.2, 0.25) is 0 Å². The number of pyridine rings is 1. The molecule has 0 saturated carbocycles. The summed E-state index contributed by atoms with van der Waals surface area (Å²) in [5.74, 6) is 0.0497. The van der Waals surface area contributed by atoms with Gasteiger partial charge in [0.25, 0.3) is 0 Å². The Morgan fingerprint density at radius 1 is 0.957 bits per heavy atom. The van der Waals surface area contributed by atoms with Crippen molar-refractivity contribution < 1.29 is 24.2 Å². The molecule has 0 radical (unpaired) electrons. The highest BCUT2D eigenvalue weighted by Gasteiger charge is 2.32. The first-order valence-corrected chi connectivity index (χ1v) is 17.4. The van der Waals surface area contributed by atoms with Crippen molar-refractivity contribution in [2.24, 2.45) is 11.8 Å². The number of piperidine rings is 2. The number of hydrogen-bond acceptors (Lipinski definition) is 7. The van der Waals surface area contributed by atoms with Gasteiger partial charge in [0.15, 0.2) is 0 Å². The average molecular weight is 649 g/mol. The van der Waals surface area contributed by atoms with Gasteiger partial charge < -0.3 is 20.1 Å². The molecular formula is C38H56N4O5. The molecular weight excluding hydrogens is 592 g/mol. The molecule has 0 spiro atoms. The van der Waals surface area contributed by atoms with Crippen molar-refractivity contribution in [3.8, 4) is 5.75 Å². The lowest BCUT2D eigenvalue weighted by atomic mass is 9.89.